The molecule has 0 saturated heterocycles. The smallest absolute Gasteiger partial charge is 0.141 e. The average Bonchev–Trinajstić information content (AvgIpc) is 2.84. The van der Waals surface area contributed by atoms with E-state index < -0.39 is 0 Å². The summed E-state index contributed by atoms with van der Waals surface area (Å²) < 4.78 is 2.20. The molecule has 20 heavy (non-hydrogen) atoms. The van der Waals surface area contributed by atoms with Crippen LogP contribution in [0.3, 0.4) is 0 Å². The zero-order valence-corrected chi connectivity index (χ0v) is 11.6. The minimum absolute atomic E-state index is 0.965. The normalized spacial score (nSPS) is 14.4. The summed E-state index contributed by atoms with van der Waals surface area (Å²) in [5, 5.41) is 3.43. The Morgan fingerprint density at radius 3 is 2.90 bits per heavy atom. The van der Waals surface area contributed by atoms with Crippen LogP contribution < -0.4 is 5.32 Å². The first-order valence-corrected chi connectivity index (χ1v) is 7.08. The second-order valence-corrected chi connectivity index (χ2v) is 5.35. The highest BCUT2D eigenvalue weighted by molar-refractivity contribution is 5.81. The molecule has 0 aliphatic carbocycles. The molecule has 100 valence electrons. The Morgan fingerprint density at radius 2 is 2.00 bits per heavy atom. The maximum absolute atomic E-state index is 4.83. The Bertz CT molecular complexity index is 786. The van der Waals surface area contributed by atoms with Gasteiger partial charge in [-0.25, -0.2) is 4.98 Å². The molecular formula is C17H17N3. The Kier molecular flexibility index (Phi) is 2.60. The molecule has 0 atom stereocenters. The van der Waals surface area contributed by atoms with Crippen molar-refractivity contribution in [2.75, 3.05) is 6.54 Å². The van der Waals surface area contributed by atoms with Crippen LogP contribution in [0.25, 0.3) is 22.4 Å². The summed E-state index contributed by atoms with van der Waals surface area (Å²) in [6, 6.07) is 14.9. The molecule has 0 spiro atoms. The first kappa shape index (κ1) is 11.7. The Hall–Kier alpha value is -2.13. The van der Waals surface area contributed by atoms with Gasteiger partial charge >= 0.3 is 0 Å². The minimum Gasteiger partial charge on any atom is -0.327 e. The molecule has 0 bridgehead atoms. The minimum atomic E-state index is 0.965. The molecule has 1 aromatic heterocycles. The number of aryl methyl sites for hydroxylation is 1. The lowest BCUT2D eigenvalue weighted by molar-refractivity contribution is 0.644. The van der Waals surface area contributed by atoms with Gasteiger partial charge in [-0.3, -0.25) is 0 Å². The van der Waals surface area contributed by atoms with E-state index in [-0.39, 0.29) is 0 Å². The zero-order chi connectivity index (χ0) is 13.5. The fraction of sp³-hybridized carbons (Fsp3) is 0.235. The molecule has 3 heteroatoms. The number of imidazole rings is 1. The first-order valence-electron chi connectivity index (χ1n) is 7.08. The highest BCUT2D eigenvalue weighted by Crippen LogP contribution is 2.29. The molecule has 3 nitrogen and oxygen atoms in total. The van der Waals surface area contributed by atoms with Gasteiger partial charge in [-0.15, -0.1) is 0 Å². The van der Waals surface area contributed by atoms with Crippen molar-refractivity contribution in [2.45, 2.75) is 13.0 Å². The van der Waals surface area contributed by atoms with Gasteiger partial charge in [-0.1, -0.05) is 30.3 Å². The first-order chi connectivity index (χ1) is 9.84. The van der Waals surface area contributed by atoms with Gasteiger partial charge in [0.15, 0.2) is 0 Å². The fourth-order valence-electron chi connectivity index (χ4n) is 3.13. The van der Waals surface area contributed by atoms with Crippen molar-refractivity contribution in [1.82, 2.24) is 14.9 Å². The van der Waals surface area contributed by atoms with Crippen LogP contribution in [-0.4, -0.2) is 16.1 Å². The third-order valence-corrected chi connectivity index (χ3v) is 4.17. The quantitative estimate of drug-likeness (QED) is 0.731. The second kappa shape index (κ2) is 4.46. The van der Waals surface area contributed by atoms with Gasteiger partial charge in [0.1, 0.15) is 5.82 Å². The molecule has 0 fully saturated rings. The van der Waals surface area contributed by atoms with E-state index in [1.165, 1.54) is 22.2 Å². The molecule has 0 amide bonds. The maximum atomic E-state index is 4.83. The average molecular weight is 263 g/mol. The van der Waals surface area contributed by atoms with E-state index in [4.69, 9.17) is 4.98 Å². The molecule has 0 unspecified atom stereocenters. The van der Waals surface area contributed by atoms with Crippen molar-refractivity contribution >= 4 is 11.0 Å². The number of hydrogen-bond donors (Lipinski definition) is 1. The maximum Gasteiger partial charge on any atom is 0.141 e. The van der Waals surface area contributed by atoms with E-state index in [1.807, 2.05) is 6.07 Å². The SMILES string of the molecule is Cn1c(-c2cccc3c2CCNC3)nc2ccccc21. The van der Waals surface area contributed by atoms with Crippen molar-refractivity contribution in [2.24, 2.45) is 7.05 Å². The molecule has 2 aromatic carbocycles. The van der Waals surface area contributed by atoms with E-state index in [1.54, 1.807) is 0 Å². The van der Waals surface area contributed by atoms with E-state index in [0.29, 0.717) is 0 Å². The molecule has 1 aliphatic heterocycles. The zero-order valence-electron chi connectivity index (χ0n) is 11.6. The third kappa shape index (κ3) is 1.67. The Morgan fingerprint density at radius 1 is 1.10 bits per heavy atom. The molecule has 1 aliphatic rings. The number of nitrogens with zero attached hydrogens (tertiary/aromatic N) is 2. The largest absolute Gasteiger partial charge is 0.327 e. The van der Waals surface area contributed by atoms with E-state index in [0.717, 1.165) is 30.9 Å². The van der Waals surface area contributed by atoms with E-state index >= 15 is 0 Å². The Balaban J connectivity index is 1.98. The number of benzene rings is 2. The van der Waals surface area contributed by atoms with Crippen LogP contribution in [0.1, 0.15) is 11.1 Å². The van der Waals surface area contributed by atoms with Gasteiger partial charge in [0.2, 0.25) is 0 Å². The van der Waals surface area contributed by atoms with E-state index in [2.05, 4.69) is 53.3 Å². The van der Waals surface area contributed by atoms with Gasteiger partial charge in [0.25, 0.3) is 0 Å². The monoisotopic (exact) mass is 263 g/mol. The second-order valence-electron chi connectivity index (χ2n) is 5.35. The van der Waals surface area contributed by atoms with Crippen LogP contribution in [0.2, 0.25) is 0 Å². The molecule has 0 radical (unpaired) electrons. The highest BCUT2D eigenvalue weighted by Gasteiger charge is 2.17. The summed E-state index contributed by atoms with van der Waals surface area (Å²) in [5.41, 5.74) is 6.39. The summed E-state index contributed by atoms with van der Waals surface area (Å²) in [7, 11) is 2.10. The molecule has 0 saturated carbocycles. The lowest BCUT2D eigenvalue weighted by atomic mass is 9.95. The van der Waals surface area contributed by atoms with Gasteiger partial charge in [-0.05, 0) is 36.2 Å². The number of hydrogen-bond acceptors (Lipinski definition) is 2. The van der Waals surface area contributed by atoms with Crippen LogP contribution in [0, 0.1) is 0 Å². The van der Waals surface area contributed by atoms with Crippen LogP contribution >= 0.6 is 0 Å². The number of aromatic nitrogens is 2. The van der Waals surface area contributed by atoms with Gasteiger partial charge < -0.3 is 9.88 Å². The van der Waals surface area contributed by atoms with Crippen LogP contribution in [0.5, 0.6) is 0 Å². The number of fused-ring (bicyclic) bond motifs is 2. The summed E-state index contributed by atoms with van der Waals surface area (Å²) in [6.45, 7) is 2.01. The summed E-state index contributed by atoms with van der Waals surface area (Å²) >= 11 is 0. The van der Waals surface area contributed by atoms with Crippen LogP contribution in [0.15, 0.2) is 42.5 Å². The molecule has 3 aromatic rings. The van der Waals surface area contributed by atoms with E-state index in [9.17, 15) is 0 Å². The molecule has 1 N–H and O–H groups in total. The standard InChI is InChI=1S/C17H17N3/c1-20-16-8-3-2-7-15(16)19-17(20)14-6-4-5-12-11-18-10-9-13(12)14/h2-8,18H,9-11H2,1H3. The topological polar surface area (TPSA) is 29.9 Å². The summed E-state index contributed by atoms with van der Waals surface area (Å²) in [6.07, 6.45) is 1.08. The lowest BCUT2D eigenvalue weighted by Gasteiger charge is -2.20. The van der Waals surface area contributed by atoms with Crippen LogP contribution in [-0.2, 0) is 20.0 Å². The van der Waals surface area contributed by atoms with Gasteiger partial charge in [-0.2, -0.15) is 0 Å². The summed E-state index contributed by atoms with van der Waals surface area (Å²) in [4.78, 5) is 4.83. The number of rotatable bonds is 1. The van der Waals surface area contributed by atoms with Gasteiger partial charge in [0.05, 0.1) is 11.0 Å². The summed E-state index contributed by atoms with van der Waals surface area (Å²) in [5.74, 6) is 1.07. The fourth-order valence-corrected chi connectivity index (χ4v) is 3.13. The van der Waals surface area contributed by atoms with Crippen molar-refractivity contribution in [1.29, 1.82) is 0 Å². The molecule has 2 heterocycles. The molecular weight excluding hydrogens is 246 g/mol. The van der Waals surface area contributed by atoms with Crippen molar-refractivity contribution in [3.8, 4) is 11.4 Å². The number of para-hydroxylation sites is 2. The third-order valence-electron chi connectivity index (χ3n) is 4.17. The highest BCUT2D eigenvalue weighted by atomic mass is 15.1. The molecule has 4 rings (SSSR count). The predicted molar refractivity (Wildman–Crippen MR) is 81.6 cm³/mol. The van der Waals surface area contributed by atoms with Gasteiger partial charge in [0, 0.05) is 19.2 Å². The van der Waals surface area contributed by atoms with Crippen molar-refractivity contribution in [3.05, 3.63) is 53.6 Å². The van der Waals surface area contributed by atoms with Crippen molar-refractivity contribution < 1.29 is 0 Å². The Labute approximate surface area is 118 Å². The lowest BCUT2D eigenvalue weighted by Crippen LogP contribution is -2.24. The van der Waals surface area contributed by atoms with Crippen molar-refractivity contribution in [3.63, 3.8) is 0 Å². The predicted octanol–water partition coefficient (Wildman–Crippen LogP) is 2.89. The number of nitrogens with one attached hydrogen (secondary N) is 1. The van der Waals surface area contributed by atoms with Crippen LogP contribution in [0.4, 0.5) is 0 Å².